The van der Waals surface area contributed by atoms with E-state index in [-0.39, 0.29) is 17.6 Å². The fourth-order valence-corrected chi connectivity index (χ4v) is 2.59. The number of amides is 1. The average molecular weight is 359 g/mol. The van der Waals surface area contributed by atoms with Crippen molar-refractivity contribution in [1.82, 2.24) is 10.3 Å². The highest BCUT2D eigenvalue weighted by Crippen LogP contribution is 2.20. The van der Waals surface area contributed by atoms with Crippen LogP contribution in [0.5, 0.6) is 0 Å². The van der Waals surface area contributed by atoms with Crippen LogP contribution in [0.1, 0.15) is 22.9 Å². The summed E-state index contributed by atoms with van der Waals surface area (Å²) >= 11 is 0. The first kappa shape index (κ1) is 18.0. The van der Waals surface area contributed by atoms with Gasteiger partial charge in [-0.25, -0.2) is 0 Å². The summed E-state index contributed by atoms with van der Waals surface area (Å²) in [5, 5.41) is 13.6. The monoisotopic (exact) mass is 359 g/mol. The molecule has 0 spiro atoms. The van der Waals surface area contributed by atoms with Crippen molar-refractivity contribution in [1.29, 1.82) is 0 Å². The van der Waals surface area contributed by atoms with Gasteiger partial charge in [0.1, 0.15) is 0 Å². The van der Waals surface area contributed by atoms with Gasteiger partial charge in [-0.1, -0.05) is 36.4 Å². The van der Waals surface area contributed by atoms with Crippen molar-refractivity contribution >= 4 is 17.7 Å². The van der Waals surface area contributed by atoms with Gasteiger partial charge < -0.3 is 5.32 Å². The number of pyridine rings is 1. The number of nitro groups is 1. The van der Waals surface area contributed by atoms with Crippen molar-refractivity contribution in [2.24, 2.45) is 0 Å². The van der Waals surface area contributed by atoms with Gasteiger partial charge in [0.25, 0.3) is 5.69 Å². The van der Waals surface area contributed by atoms with Crippen molar-refractivity contribution in [3.8, 4) is 0 Å². The maximum absolute atomic E-state index is 12.4. The van der Waals surface area contributed by atoms with Crippen molar-refractivity contribution in [3.05, 3.63) is 112 Å². The standard InChI is InChI=1S/C21H17N3O3/c25-20(14-11-16-9-12-18(13-10-16)24(26)27)23-21(17-6-2-1-3-7-17)19-8-4-5-15-22-19/h1-15,21H,(H,23,25)/b14-11-/t21-/m1/s1. The molecule has 0 aliphatic heterocycles. The highest BCUT2D eigenvalue weighted by molar-refractivity contribution is 5.92. The maximum Gasteiger partial charge on any atom is 0.269 e. The number of carbonyl (C=O) groups is 1. The Labute approximate surface area is 156 Å². The summed E-state index contributed by atoms with van der Waals surface area (Å²) in [7, 11) is 0. The number of nitrogens with one attached hydrogen (secondary N) is 1. The Bertz CT molecular complexity index is 900. The van der Waals surface area contributed by atoms with E-state index in [9.17, 15) is 14.9 Å². The van der Waals surface area contributed by atoms with E-state index in [0.29, 0.717) is 5.56 Å². The Hall–Kier alpha value is -3.80. The molecule has 0 fully saturated rings. The lowest BCUT2D eigenvalue weighted by atomic mass is 10.0. The third-order valence-corrected chi connectivity index (χ3v) is 3.93. The number of benzene rings is 2. The quantitative estimate of drug-likeness (QED) is 0.411. The van der Waals surface area contributed by atoms with E-state index in [4.69, 9.17) is 0 Å². The molecule has 0 aliphatic carbocycles. The molecule has 1 atom stereocenters. The van der Waals surface area contributed by atoms with Crippen molar-refractivity contribution in [2.45, 2.75) is 6.04 Å². The summed E-state index contributed by atoms with van der Waals surface area (Å²) in [5.74, 6) is -0.284. The normalized spacial score (nSPS) is 11.9. The van der Waals surface area contributed by atoms with Crippen LogP contribution >= 0.6 is 0 Å². The van der Waals surface area contributed by atoms with Crippen LogP contribution in [0.15, 0.2) is 85.1 Å². The van der Waals surface area contributed by atoms with Crippen LogP contribution < -0.4 is 5.32 Å². The first-order valence-corrected chi connectivity index (χ1v) is 8.32. The molecule has 6 nitrogen and oxygen atoms in total. The molecule has 1 amide bonds. The topological polar surface area (TPSA) is 85.1 Å². The largest absolute Gasteiger partial charge is 0.340 e. The fraction of sp³-hybridized carbons (Fsp3) is 0.0476. The molecule has 1 N–H and O–H groups in total. The number of rotatable bonds is 6. The van der Waals surface area contributed by atoms with E-state index in [1.54, 1.807) is 24.4 Å². The lowest BCUT2D eigenvalue weighted by molar-refractivity contribution is -0.384. The molecule has 6 heteroatoms. The second-order valence-corrected chi connectivity index (χ2v) is 5.79. The highest BCUT2D eigenvalue weighted by Gasteiger charge is 2.16. The molecule has 0 saturated carbocycles. The summed E-state index contributed by atoms with van der Waals surface area (Å²) in [6.45, 7) is 0. The molecule has 3 aromatic rings. The lowest BCUT2D eigenvalue weighted by Gasteiger charge is -2.17. The van der Waals surface area contributed by atoms with Crippen LogP contribution in [-0.2, 0) is 4.79 Å². The number of hydrogen-bond donors (Lipinski definition) is 1. The molecule has 0 bridgehead atoms. The number of nitrogens with zero attached hydrogens (tertiary/aromatic N) is 2. The summed E-state index contributed by atoms with van der Waals surface area (Å²) in [6.07, 6.45) is 4.70. The van der Waals surface area contributed by atoms with Gasteiger partial charge >= 0.3 is 0 Å². The second kappa shape index (κ2) is 8.53. The highest BCUT2D eigenvalue weighted by atomic mass is 16.6. The van der Waals surface area contributed by atoms with Crippen LogP contribution in [0.3, 0.4) is 0 Å². The number of non-ortho nitro benzene ring substituents is 1. The number of hydrogen-bond acceptors (Lipinski definition) is 4. The summed E-state index contributed by atoms with van der Waals surface area (Å²) in [6, 6.07) is 20.8. The minimum absolute atomic E-state index is 0.0101. The number of aromatic nitrogens is 1. The minimum Gasteiger partial charge on any atom is -0.340 e. The van der Waals surface area contributed by atoms with Crippen LogP contribution in [0.25, 0.3) is 6.08 Å². The van der Waals surface area contributed by atoms with Crippen LogP contribution in [0.2, 0.25) is 0 Å². The van der Waals surface area contributed by atoms with Crippen LogP contribution in [-0.4, -0.2) is 15.8 Å². The smallest absolute Gasteiger partial charge is 0.269 e. The van der Waals surface area contributed by atoms with E-state index < -0.39 is 4.92 Å². The lowest BCUT2D eigenvalue weighted by Crippen LogP contribution is -2.28. The number of nitro benzene ring substituents is 1. The summed E-state index contributed by atoms with van der Waals surface area (Å²) < 4.78 is 0. The molecule has 134 valence electrons. The Morgan fingerprint density at radius 2 is 1.70 bits per heavy atom. The first-order chi connectivity index (χ1) is 13.1. The molecular formula is C21H17N3O3. The van der Waals surface area contributed by atoms with Gasteiger partial charge in [-0.05, 0) is 41.5 Å². The zero-order valence-corrected chi connectivity index (χ0v) is 14.4. The molecule has 1 aromatic heterocycles. The van der Waals surface area contributed by atoms with Crippen LogP contribution in [0.4, 0.5) is 5.69 Å². The second-order valence-electron chi connectivity index (χ2n) is 5.79. The Kier molecular flexibility index (Phi) is 5.69. The maximum atomic E-state index is 12.4. The zero-order chi connectivity index (χ0) is 19.1. The molecule has 0 saturated heterocycles. The van der Waals surface area contributed by atoms with Gasteiger partial charge in [0, 0.05) is 24.4 Å². The molecule has 0 radical (unpaired) electrons. The Balaban J connectivity index is 1.75. The van der Waals surface area contributed by atoms with Crippen molar-refractivity contribution < 1.29 is 9.72 Å². The molecule has 2 aromatic carbocycles. The molecule has 27 heavy (non-hydrogen) atoms. The van der Waals surface area contributed by atoms with E-state index in [0.717, 1.165) is 11.3 Å². The van der Waals surface area contributed by atoms with E-state index in [1.165, 1.54) is 18.2 Å². The van der Waals surface area contributed by atoms with Gasteiger partial charge in [-0.2, -0.15) is 0 Å². The third-order valence-electron chi connectivity index (χ3n) is 3.93. The van der Waals surface area contributed by atoms with E-state index >= 15 is 0 Å². The van der Waals surface area contributed by atoms with Gasteiger partial charge in [0.2, 0.25) is 5.91 Å². The summed E-state index contributed by atoms with van der Waals surface area (Å²) in [4.78, 5) is 27.0. The van der Waals surface area contributed by atoms with Crippen molar-refractivity contribution in [3.63, 3.8) is 0 Å². The first-order valence-electron chi connectivity index (χ1n) is 8.32. The van der Waals surface area contributed by atoms with Crippen molar-refractivity contribution in [2.75, 3.05) is 0 Å². The predicted octanol–water partition coefficient (Wildman–Crippen LogP) is 3.91. The van der Waals surface area contributed by atoms with Gasteiger partial charge in [0.05, 0.1) is 16.7 Å². The van der Waals surface area contributed by atoms with E-state index in [1.807, 2.05) is 48.5 Å². The Morgan fingerprint density at radius 1 is 1.00 bits per heavy atom. The van der Waals surface area contributed by atoms with Gasteiger partial charge in [-0.15, -0.1) is 0 Å². The fourth-order valence-electron chi connectivity index (χ4n) is 2.59. The third kappa shape index (κ3) is 4.85. The SMILES string of the molecule is O=C(/C=C\c1ccc([N+](=O)[O-])cc1)N[C@H](c1ccccc1)c1ccccn1. The molecular weight excluding hydrogens is 342 g/mol. The van der Waals surface area contributed by atoms with Crippen LogP contribution in [0, 0.1) is 10.1 Å². The van der Waals surface area contributed by atoms with Gasteiger partial charge in [-0.3, -0.25) is 19.9 Å². The Morgan fingerprint density at radius 3 is 2.33 bits per heavy atom. The molecule has 0 aliphatic rings. The van der Waals surface area contributed by atoms with E-state index in [2.05, 4.69) is 10.3 Å². The minimum atomic E-state index is -0.461. The predicted molar refractivity (Wildman–Crippen MR) is 103 cm³/mol. The molecule has 0 unspecified atom stereocenters. The average Bonchev–Trinajstić information content (AvgIpc) is 2.72. The molecule has 3 rings (SSSR count). The molecule has 1 heterocycles. The number of carbonyl (C=O) groups excluding carboxylic acids is 1. The van der Waals surface area contributed by atoms with Gasteiger partial charge in [0.15, 0.2) is 0 Å². The summed E-state index contributed by atoms with van der Waals surface area (Å²) in [5.41, 5.74) is 2.37. The zero-order valence-electron chi connectivity index (χ0n) is 14.4.